The summed E-state index contributed by atoms with van der Waals surface area (Å²) in [5, 5.41) is 25.5. The van der Waals surface area contributed by atoms with E-state index in [2.05, 4.69) is 16.0 Å². The molecule has 0 aliphatic carbocycles. The number of hydrogen-bond donors (Lipinski definition) is 6. The maximum absolute atomic E-state index is 12.6. The number of nitrogens with one attached hydrogen (secondary N) is 4. The van der Waals surface area contributed by atoms with Crippen molar-refractivity contribution in [3.63, 3.8) is 0 Å². The zero-order valence-corrected chi connectivity index (χ0v) is 17.5. The number of amides is 2. The zero-order valence-electron chi connectivity index (χ0n) is 17.5. The highest BCUT2D eigenvalue weighted by Gasteiger charge is 2.31. The summed E-state index contributed by atoms with van der Waals surface area (Å²) in [5.41, 5.74) is 8.89. The summed E-state index contributed by atoms with van der Waals surface area (Å²) in [5.74, 6) is -0.288. The van der Waals surface area contributed by atoms with E-state index in [9.17, 15) is 14.7 Å². The number of aliphatic hydroxyl groups excluding tert-OH is 1. The third-order valence-corrected chi connectivity index (χ3v) is 5.54. The highest BCUT2D eigenvalue weighted by molar-refractivity contribution is 5.95. The quantitative estimate of drug-likeness (QED) is 0.274. The molecule has 31 heavy (non-hydrogen) atoms. The molecule has 1 aliphatic rings. The second-order valence-corrected chi connectivity index (χ2v) is 7.86. The van der Waals surface area contributed by atoms with Crippen molar-refractivity contribution >= 4 is 17.6 Å². The molecule has 1 fully saturated rings. The number of nitrogens with two attached hydrogens (primary N) is 1. The van der Waals surface area contributed by atoms with Crippen LogP contribution in [0.4, 0.5) is 0 Å². The van der Waals surface area contributed by atoms with Crippen LogP contribution in [0, 0.1) is 5.41 Å². The Morgan fingerprint density at radius 2 is 1.97 bits per heavy atom. The van der Waals surface area contributed by atoms with Crippen molar-refractivity contribution in [2.45, 2.75) is 44.5 Å². The fraction of sp³-hybridized carbons (Fsp3) is 0.348. The van der Waals surface area contributed by atoms with Crippen LogP contribution in [0.3, 0.4) is 0 Å². The third kappa shape index (κ3) is 5.90. The van der Waals surface area contributed by atoms with E-state index in [4.69, 9.17) is 11.1 Å². The fourth-order valence-electron chi connectivity index (χ4n) is 3.66. The van der Waals surface area contributed by atoms with Crippen LogP contribution in [0.2, 0.25) is 0 Å². The van der Waals surface area contributed by atoms with Gasteiger partial charge >= 0.3 is 0 Å². The van der Waals surface area contributed by atoms with Gasteiger partial charge in [0.25, 0.3) is 0 Å². The van der Waals surface area contributed by atoms with Gasteiger partial charge in [0.2, 0.25) is 11.8 Å². The summed E-state index contributed by atoms with van der Waals surface area (Å²) in [6.07, 6.45) is 0.636. The minimum atomic E-state index is -0.664. The predicted molar refractivity (Wildman–Crippen MR) is 118 cm³/mol. The standard InChI is InChI=1S/C23H29N5O3/c1-14(22(30)27-11-15-5-7-17(8-6-15)21(24)25)28-23(31)20-10-19(12-26-20)18-4-2-3-16(9-18)13-29/h2-9,14,19-20,26,29H,10-13H2,1H3,(H3,24,25)(H,27,30)(H,28,31)/t14?,19-,20+/m0/s1. The average molecular weight is 424 g/mol. The highest BCUT2D eigenvalue weighted by Crippen LogP contribution is 2.26. The van der Waals surface area contributed by atoms with Crippen LogP contribution in [-0.4, -0.2) is 41.4 Å². The van der Waals surface area contributed by atoms with E-state index >= 15 is 0 Å². The fourth-order valence-corrected chi connectivity index (χ4v) is 3.66. The number of benzene rings is 2. The van der Waals surface area contributed by atoms with E-state index in [-0.39, 0.29) is 36.2 Å². The molecule has 2 aromatic rings. The molecule has 2 aromatic carbocycles. The number of carbonyl (C=O) groups is 2. The van der Waals surface area contributed by atoms with Crippen molar-refractivity contribution in [2.24, 2.45) is 5.73 Å². The first-order chi connectivity index (χ1) is 14.9. The lowest BCUT2D eigenvalue weighted by molar-refractivity contribution is -0.129. The highest BCUT2D eigenvalue weighted by atomic mass is 16.3. The maximum Gasteiger partial charge on any atom is 0.242 e. The second kappa shape index (κ2) is 10.2. The monoisotopic (exact) mass is 423 g/mol. The van der Waals surface area contributed by atoms with E-state index in [0.29, 0.717) is 25.1 Å². The molecule has 1 unspecified atom stereocenters. The molecular weight excluding hydrogens is 394 g/mol. The Bertz CT molecular complexity index is 944. The molecule has 8 nitrogen and oxygen atoms in total. The van der Waals surface area contributed by atoms with Gasteiger partial charge in [0.05, 0.1) is 12.6 Å². The van der Waals surface area contributed by atoms with E-state index in [0.717, 1.165) is 16.7 Å². The van der Waals surface area contributed by atoms with Gasteiger partial charge in [0.1, 0.15) is 11.9 Å². The molecule has 0 bridgehead atoms. The largest absolute Gasteiger partial charge is 0.392 e. The Morgan fingerprint density at radius 3 is 2.65 bits per heavy atom. The molecule has 1 heterocycles. The van der Waals surface area contributed by atoms with Crippen molar-refractivity contribution in [2.75, 3.05) is 6.54 Å². The Morgan fingerprint density at radius 1 is 1.23 bits per heavy atom. The van der Waals surface area contributed by atoms with Crippen molar-refractivity contribution in [3.8, 4) is 0 Å². The molecule has 0 aromatic heterocycles. The molecule has 3 atom stereocenters. The molecule has 164 valence electrons. The lowest BCUT2D eigenvalue weighted by Gasteiger charge is -2.17. The Labute approximate surface area is 181 Å². The SMILES string of the molecule is CC(NC(=O)[C@H]1C[C@H](c2cccc(CO)c2)CN1)C(=O)NCc1ccc(C(=N)N)cc1. The number of rotatable bonds is 8. The van der Waals surface area contributed by atoms with Crippen LogP contribution in [0.1, 0.15) is 41.5 Å². The smallest absolute Gasteiger partial charge is 0.242 e. The molecule has 1 saturated heterocycles. The predicted octanol–water partition coefficient (Wildman–Crippen LogP) is 0.730. The first-order valence-electron chi connectivity index (χ1n) is 10.3. The van der Waals surface area contributed by atoms with E-state index in [1.165, 1.54) is 0 Å². The van der Waals surface area contributed by atoms with E-state index in [1.807, 2.05) is 24.3 Å². The average Bonchev–Trinajstić information content (AvgIpc) is 3.28. The van der Waals surface area contributed by atoms with Gasteiger partial charge in [-0.25, -0.2) is 0 Å². The van der Waals surface area contributed by atoms with Crippen LogP contribution in [0.5, 0.6) is 0 Å². The molecule has 3 rings (SSSR count). The van der Waals surface area contributed by atoms with Gasteiger partial charge in [-0.15, -0.1) is 0 Å². The van der Waals surface area contributed by atoms with E-state index < -0.39 is 6.04 Å². The summed E-state index contributed by atoms with van der Waals surface area (Å²) >= 11 is 0. The topological polar surface area (TPSA) is 140 Å². The zero-order chi connectivity index (χ0) is 22.4. The number of aliphatic hydroxyl groups is 1. The molecule has 0 radical (unpaired) electrons. The minimum Gasteiger partial charge on any atom is -0.392 e. The van der Waals surface area contributed by atoms with Gasteiger partial charge in [0.15, 0.2) is 0 Å². The number of amidine groups is 1. The lowest BCUT2D eigenvalue weighted by atomic mass is 9.94. The van der Waals surface area contributed by atoms with Crippen molar-refractivity contribution < 1.29 is 14.7 Å². The van der Waals surface area contributed by atoms with Crippen LogP contribution in [-0.2, 0) is 22.7 Å². The summed E-state index contributed by atoms with van der Waals surface area (Å²) in [6.45, 7) is 2.64. The van der Waals surface area contributed by atoms with Crippen LogP contribution in [0.15, 0.2) is 48.5 Å². The Kier molecular flexibility index (Phi) is 7.38. The molecule has 0 spiro atoms. The summed E-state index contributed by atoms with van der Waals surface area (Å²) in [7, 11) is 0. The van der Waals surface area contributed by atoms with Crippen molar-refractivity contribution in [1.29, 1.82) is 5.41 Å². The third-order valence-electron chi connectivity index (χ3n) is 5.54. The van der Waals surface area contributed by atoms with Gasteiger partial charge in [-0.05, 0) is 36.0 Å². The molecule has 2 amide bonds. The molecular formula is C23H29N5O3. The van der Waals surface area contributed by atoms with Crippen LogP contribution in [0.25, 0.3) is 0 Å². The Balaban J connectivity index is 1.47. The molecule has 0 saturated carbocycles. The van der Waals surface area contributed by atoms with Crippen molar-refractivity contribution in [1.82, 2.24) is 16.0 Å². The lowest BCUT2D eigenvalue weighted by Crippen LogP contribution is -2.49. The van der Waals surface area contributed by atoms with Gasteiger partial charge in [0, 0.05) is 18.7 Å². The van der Waals surface area contributed by atoms with Gasteiger partial charge in [-0.3, -0.25) is 15.0 Å². The second-order valence-electron chi connectivity index (χ2n) is 7.86. The van der Waals surface area contributed by atoms with Crippen LogP contribution < -0.4 is 21.7 Å². The van der Waals surface area contributed by atoms with Gasteiger partial charge < -0.3 is 26.8 Å². The summed E-state index contributed by atoms with van der Waals surface area (Å²) in [6, 6.07) is 13.8. The van der Waals surface area contributed by atoms with E-state index in [1.54, 1.807) is 31.2 Å². The first-order valence-corrected chi connectivity index (χ1v) is 10.3. The molecule has 1 aliphatic heterocycles. The summed E-state index contributed by atoms with van der Waals surface area (Å²) < 4.78 is 0. The number of carbonyl (C=O) groups excluding carboxylic acids is 2. The first kappa shape index (κ1) is 22.5. The number of hydrogen-bond acceptors (Lipinski definition) is 5. The van der Waals surface area contributed by atoms with Crippen molar-refractivity contribution in [3.05, 3.63) is 70.8 Å². The molecule has 7 N–H and O–H groups in total. The molecule has 8 heteroatoms. The number of nitrogen functional groups attached to an aromatic ring is 1. The summed E-state index contributed by atoms with van der Waals surface area (Å²) in [4.78, 5) is 25.0. The Hall–Kier alpha value is -3.23. The maximum atomic E-state index is 12.6. The van der Waals surface area contributed by atoms with Gasteiger partial charge in [-0.2, -0.15) is 0 Å². The normalized spacial score (nSPS) is 18.9. The van der Waals surface area contributed by atoms with Gasteiger partial charge in [-0.1, -0.05) is 48.5 Å². The minimum absolute atomic E-state index is 0.00390. The van der Waals surface area contributed by atoms with Crippen LogP contribution >= 0.6 is 0 Å².